The maximum Gasteiger partial charge on any atom is 0.257 e. The van der Waals surface area contributed by atoms with Crippen LogP contribution >= 0.6 is 0 Å². The van der Waals surface area contributed by atoms with E-state index < -0.39 is 0 Å². The molecule has 110 valence electrons. The SMILES string of the molecule is COc1ccc(C(=O)N2CC[C@@H](N)C2)c(OC)c1OC. The maximum atomic E-state index is 12.5. The fraction of sp³-hybridized carbons (Fsp3) is 0.500. The molecule has 1 aromatic carbocycles. The lowest BCUT2D eigenvalue weighted by Crippen LogP contribution is -2.32. The molecule has 6 nitrogen and oxygen atoms in total. The Labute approximate surface area is 118 Å². The second-order valence-corrected chi connectivity index (χ2v) is 4.68. The number of nitrogens with zero attached hydrogens (tertiary/aromatic N) is 1. The molecule has 2 rings (SSSR count). The predicted octanol–water partition coefficient (Wildman–Crippen LogP) is 0.886. The molecule has 1 aromatic rings. The van der Waals surface area contributed by atoms with Gasteiger partial charge in [-0.1, -0.05) is 0 Å². The summed E-state index contributed by atoms with van der Waals surface area (Å²) in [4.78, 5) is 14.3. The van der Waals surface area contributed by atoms with Crippen molar-refractivity contribution in [1.82, 2.24) is 4.90 Å². The van der Waals surface area contributed by atoms with Gasteiger partial charge in [-0.25, -0.2) is 0 Å². The van der Waals surface area contributed by atoms with Crippen LogP contribution in [-0.4, -0.2) is 51.3 Å². The van der Waals surface area contributed by atoms with E-state index in [0.717, 1.165) is 6.42 Å². The van der Waals surface area contributed by atoms with Gasteiger partial charge in [-0.15, -0.1) is 0 Å². The van der Waals surface area contributed by atoms with Crippen LogP contribution in [0.1, 0.15) is 16.8 Å². The molecular weight excluding hydrogens is 260 g/mol. The highest BCUT2D eigenvalue weighted by Crippen LogP contribution is 2.40. The number of methoxy groups -OCH3 is 3. The van der Waals surface area contributed by atoms with Gasteiger partial charge in [-0.05, 0) is 18.6 Å². The number of carbonyl (C=O) groups excluding carboxylic acids is 1. The van der Waals surface area contributed by atoms with Crippen molar-refractivity contribution in [3.05, 3.63) is 17.7 Å². The van der Waals surface area contributed by atoms with Crippen molar-refractivity contribution in [2.24, 2.45) is 5.73 Å². The van der Waals surface area contributed by atoms with Crippen LogP contribution < -0.4 is 19.9 Å². The smallest absolute Gasteiger partial charge is 0.257 e. The van der Waals surface area contributed by atoms with Crippen molar-refractivity contribution in [2.45, 2.75) is 12.5 Å². The number of hydrogen-bond acceptors (Lipinski definition) is 5. The van der Waals surface area contributed by atoms with Gasteiger partial charge in [0.1, 0.15) is 0 Å². The topological polar surface area (TPSA) is 74.0 Å². The van der Waals surface area contributed by atoms with Crippen molar-refractivity contribution in [3.8, 4) is 17.2 Å². The Hall–Kier alpha value is -1.95. The monoisotopic (exact) mass is 280 g/mol. The summed E-state index contributed by atoms with van der Waals surface area (Å²) in [7, 11) is 4.56. The maximum absolute atomic E-state index is 12.5. The lowest BCUT2D eigenvalue weighted by molar-refractivity contribution is 0.0786. The van der Waals surface area contributed by atoms with Crippen LogP contribution in [0.4, 0.5) is 0 Å². The van der Waals surface area contributed by atoms with Gasteiger partial charge < -0.3 is 24.8 Å². The lowest BCUT2D eigenvalue weighted by Gasteiger charge is -2.20. The van der Waals surface area contributed by atoms with Crippen LogP contribution in [0.25, 0.3) is 0 Å². The van der Waals surface area contributed by atoms with E-state index in [4.69, 9.17) is 19.9 Å². The molecule has 1 fully saturated rings. The Morgan fingerprint density at radius 2 is 1.90 bits per heavy atom. The molecule has 0 aromatic heterocycles. The summed E-state index contributed by atoms with van der Waals surface area (Å²) in [5.74, 6) is 1.23. The molecule has 1 amide bonds. The number of hydrogen-bond donors (Lipinski definition) is 1. The highest BCUT2D eigenvalue weighted by molar-refractivity contribution is 5.98. The summed E-state index contributed by atoms with van der Waals surface area (Å²) in [5.41, 5.74) is 6.30. The molecule has 20 heavy (non-hydrogen) atoms. The van der Waals surface area contributed by atoms with E-state index in [1.807, 2.05) is 0 Å². The minimum Gasteiger partial charge on any atom is -0.493 e. The van der Waals surface area contributed by atoms with Crippen LogP contribution in [0.15, 0.2) is 12.1 Å². The largest absolute Gasteiger partial charge is 0.493 e. The van der Waals surface area contributed by atoms with E-state index in [-0.39, 0.29) is 11.9 Å². The molecule has 2 N–H and O–H groups in total. The van der Waals surface area contributed by atoms with Crippen molar-refractivity contribution >= 4 is 5.91 Å². The van der Waals surface area contributed by atoms with Gasteiger partial charge in [-0.2, -0.15) is 0 Å². The fourth-order valence-electron chi connectivity index (χ4n) is 2.41. The molecule has 1 aliphatic rings. The van der Waals surface area contributed by atoms with Crippen LogP contribution in [-0.2, 0) is 0 Å². The molecule has 0 radical (unpaired) electrons. The van der Waals surface area contributed by atoms with Crippen molar-refractivity contribution in [3.63, 3.8) is 0 Å². The van der Waals surface area contributed by atoms with E-state index in [9.17, 15) is 4.79 Å². The molecule has 0 spiro atoms. The van der Waals surface area contributed by atoms with Gasteiger partial charge in [0.05, 0.1) is 26.9 Å². The normalized spacial score (nSPS) is 18.0. The Morgan fingerprint density at radius 1 is 1.20 bits per heavy atom. The molecule has 1 aliphatic heterocycles. The number of ether oxygens (including phenoxy) is 3. The van der Waals surface area contributed by atoms with E-state index in [2.05, 4.69) is 0 Å². The Bertz CT molecular complexity index is 504. The number of carbonyl (C=O) groups is 1. The standard InChI is InChI=1S/C14H20N2O4/c1-18-11-5-4-10(12(19-2)13(11)20-3)14(17)16-7-6-9(15)8-16/h4-5,9H,6-8,15H2,1-3H3/t9-/m1/s1. The minimum atomic E-state index is -0.101. The average molecular weight is 280 g/mol. The first-order valence-electron chi connectivity index (χ1n) is 6.46. The third-order valence-electron chi connectivity index (χ3n) is 3.45. The third-order valence-corrected chi connectivity index (χ3v) is 3.45. The number of amides is 1. The molecule has 0 saturated carbocycles. The zero-order valence-corrected chi connectivity index (χ0v) is 12.0. The Morgan fingerprint density at radius 3 is 2.40 bits per heavy atom. The summed E-state index contributed by atoms with van der Waals surface area (Å²) in [6.07, 6.45) is 0.821. The molecule has 1 atom stereocenters. The number of nitrogens with two attached hydrogens (primary N) is 1. The van der Waals surface area contributed by atoms with Gasteiger partial charge in [0.15, 0.2) is 11.5 Å². The highest BCUT2D eigenvalue weighted by atomic mass is 16.5. The minimum absolute atomic E-state index is 0.0464. The van der Waals surface area contributed by atoms with Crippen LogP contribution in [0, 0.1) is 0 Å². The average Bonchev–Trinajstić information content (AvgIpc) is 2.91. The van der Waals surface area contributed by atoms with Gasteiger partial charge >= 0.3 is 0 Å². The van der Waals surface area contributed by atoms with Gasteiger partial charge in [0, 0.05) is 19.1 Å². The molecular formula is C14H20N2O4. The van der Waals surface area contributed by atoms with Crippen LogP contribution in [0.5, 0.6) is 17.2 Å². The lowest BCUT2D eigenvalue weighted by atomic mass is 10.1. The summed E-state index contributed by atoms with van der Waals surface area (Å²) < 4.78 is 15.8. The first-order chi connectivity index (χ1) is 9.62. The summed E-state index contributed by atoms with van der Waals surface area (Å²) >= 11 is 0. The van der Waals surface area contributed by atoms with Crippen LogP contribution in [0.3, 0.4) is 0 Å². The van der Waals surface area contributed by atoms with E-state index >= 15 is 0 Å². The van der Waals surface area contributed by atoms with Gasteiger partial charge in [0.2, 0.25) is 5.75 Å². The van der Waals surface area contributed by atoms with Crippen molar-refractivity contribution < 1.29 is 19.0 Å². The van der Waals surface area contributed by atoms with E-state index in [1.165, 1.54) is 21.3 Å². The van der Waals surface area contributed by atoms with Gasteiger partial charge in [0.25, 0.3) is 5.91 Å². The zero-order valence-electron chi connectivity index (χ0n) is 12.0. The quantitative estimate of drug-likeness (QED) is 0.886. The zero-order chi connectivity index (χ0) is 14.7. The van der Waals surface area contributed by atoms with E-state index in [1.54, 1.807) is 17.0 Å². The molecule has 0 unspecified atom stereocenters. The molecule has 0 bridgehead atoms. The molecule has 1 saturated heterocycles. The Kier molecular flexibility index (Phi) is 4.34. The van der Waals surface area contributed by atoms with Gasteiger partial charge in [-0.3, -0.25) is 4.79 Å². The first-order valence-corrected chi connectivity index (χ1v) is 6.46. The number of rotatable bonds is 4. The first kappa shape index (κ1) is 14.5. The predicted molar refractivity (Wildman–Crippen MR) is 74.6 cm³/mol. The summed E-state index contributed by atoms with van der Waals surface area (Å²) in [6, 6.07) is 3.43. The summed E-state index contributed by atoms with van der Waals surface area (Å²) in [5, 5.41) is 0. The van der Waals surface area contributed by atoms with Crippen LogP contribution in [0.2, 0.25) is 0 Å². The highest BCUT2D eigenvalue weighted by Gasteiger charge is 2.28. The van der Waals surface area contributed by atoms with Crippen molar-refractivity contribution in [2.75, 3.05) is 34.4 Å². The van der Waals surface area contributed by atoms with E-state index in [0.29, 0.717) is 35.9 Å². The molecule has 6 heteroatoms. The fourth-order valence-corrected chi connectivity index (χ4v) is 2.41. The summed E-state index contributed by atoms with van der Waals surface area (Å²) in [6.45, 7) is 1.23. The number of benzene rings is 1. The number of likely N-dealkylation sites (tertiary alicyclic amines) is 1. The Balaban J connectivity index is 2.38. The second-order valence-electron chi connectivity index (χ2n) is 4.68. The molecule has 0 aliphatic carbocycles. The third kappa shape index (κ3) is 2.51. The molecule has 1 heterocycles. The second kappa shape index (κ2) is 6.00. The van der Waals surface area contributed by atoms with Crippen molar-refractivity contribution in [1.29, 1.82) is 0 Å².